The van der Waals surface area contributed by atoms with E-state index < -0.39 is 5.82 Å². The summed E-state index contributed by atoms with van der Waals surface area (Å²) >= 11 is 0. The standard InChI is InChI=1S/C21H22FN3O/c22-19-11-17(8-7-15(19)12-23)26-21-18-6-2-1-4-14(18)10-20(21)25-9-3-5-16(24)13-25/h1-2,4,6-8,11,16,20-21H,3,5,9-10,13,24H2/t16-,20+,21?/m0/s1. The van der Waals surface area contributed by atoms with Crippen LogP contribution < -0.4 is 10.5 Å². The first-order valence-corrected chi connectivity index (χ1v) is 9.09. The topological polar surface area (TPSA) is 62.3 Å². The molecule has 1 saturated heterocycles. The quantitative estimate of drug-likeness (QED) is 0.923. The molecule has 26 heavy (non-hydrogen) atoms. The molecule has 1 heterocycles. The molecule has 0 amide bonds. The number of hydrogen-bond acceptors (Lipinski definition) is 4. The molecule has 2 N–H and O–H groups in total. The fourth-order valence-electron chi connectivity index (χ4n) is 4.15. The number of hydrogen-bond donors (Lipinski definition) is 1. The van der Waals surface area contributed by atoms with Gasteiger partial charge >= 0.3 is 0 Å². The Morgan fingerprint density at radius 2 is 2.08 bits per heavy atom. The molecule has 0 saturated carbocycles. The van der Waals surface area contributed by atoms with Crippen molar-refractivity contribution in [3.8, 4) is 11.8 Å². The van der Waals surface area contributed by atoms with E-state index in [-0.39, 0.29) is 23.8 Å². The van der Waals surface area contributed by atoms with Gasteiger partial charge in [0.1, 0.15) is 23.7 Å². The van der Waals surface area contributed by atoms with Crippen molar-refractivity contribution in [3.05, 3.63) is 65.0 Å². The number of nitrogens with zero attached hydrogens (tertiary/aromatic N) is 2. The van der Waals surface area contributed by atoms with Gasteiger partial charge in [0.15, 0.2) is 0 Å². The van der Waals surface area contributed by atoms with Gasteiger partial charge in [-0.15, -0.1) is 0 Å². The monoisotopic (exact) mass is 351 g/mol. The van der Waals surface area contributed by atoms with E-state index in [1.54, 1.807) is 6.07 Å². The van der Waals surface area contributed by atoms with Crippen molar-refractivity contribution in [2.45, 2.75) is 37.5 Å². The summed E-state index contributed by atoms with van der Waals surface area (Å²) in [7, 11) is 0. The summed E-state index contributed by atoms with van der Waals surface area (Å²) in [6.45, 7) is 1.87. The van der Waals surface area contributed by atoms with Crippen molar-refractivity contribution in [2.24, 2.45) is 5.73 Å². The SMILES string of the molecule is N#Cc1ccc(OC2c3ccccc3C[C@H]2N2CCC[C@H](N)C2)cc1F. The fraction of sp³-hybridized carbons (Fsp3) is 0.381. The van der Waals surface area contributed by atoms with E-state index in [9.17, 15) is 4.39 Å². The van der Waals surface area contributed by atoms with Crippen LogP contribution in [0.2, 0.25) is 0 Å². The summed E-state index contributed by atoms with van der Waals surface area (Å²) in [4.78, 5) is 2.42. The van der Waals surface area contributed by atoms with E-state index in [1.807, 2.05) is 18.2 Å². The number of ether oxygens (including phenoxy) is 1. The number of halogens is 1. The lowest BCUT2D eigenvalue weighted by atomic mass is 10.0. The van der Waals surface area contributed by atoms with E-state index in [2.05, 4.69) is 17.0 Å². The number of likely N-dealkylation sites (tertiary alicyclic amines) is 1. The van der Waals surface area contributed by atoms with Gasteiger partial charge in [-0.3, -0.25) is 4.90 Å². The molecule has 4 rings (SSSR count). The minimum Gasteiger partial charge on any atom is -0.484 e. The average Bonchev–Trinajstić information content (AvgIpc) is 3.01. The molecule has 4 nitrogen and oxygen atoms in total. The lowest BCUT2D eigenvalue weighted by molar-refractivity contribution is 0.0591. The van der Waals surface area contributed by atoms with Gasteiger partial charge in [-0.1, -0.05) is 24.3 Å². The number of piperidine rings is 1. The third kappa shape index (κ3) is 3.18. The highest BCUT2D eigenvalue weighted by atomic mass is 19.1. The number of nitrogens with two attached hydrogens (primary N) is 1. The maximum Gasteiger partial charge on any atom is 0.144 e. The van der Waals surface area contributed by atoms with E-state index in [0.29, 0.717) is 5.75 Å². The van der Waals surface area contributed by atoms with Crippen molar-refractivity contribution in [1.82, 2.24) is 4.90 Å². The fourth-order valence-corrected chi connectivity index (χ4v) is 4.15. The van der Waals surface area contributed by atoms with E-state index >= 15 is 0 Å². The molecule has 2 aliphatic rings. The zero-order chi connectivity index (χ0) is 18.1. The summed E-state index contributed by atoms with van der Waals surface area (Å²) in [6.07, 6.45) is 2.89. The van der Waals surface area contributed by atoms with Crippen LogP contribution in [0, 0.1) is 17.1 Å². The maximum atomic E-state index is 14.0. The molecule has 1 aliphatic carbocycles. The lowest BCUT2D eigenvalue weighted by Gasteiger charge is -2.38. The zero-order valence-electron chi connectivity index (χ0n) is 14.6. The molecule has 1 unspecified atom stereocenters. The van der Waals surface area contributed by atoms with E-state index in [1.165, 1.54) is 17.7 Å². The Morgan fingerprint density at radius 3 is 2.85 bits per heavy atom. The molecule has 1 aliphatic heterocycles. The van der Waals surface area contributed by atoms with Crippen LogP contribution in [0.4, 0.5) is 4.39 Å². The highest BCUT2D eigenvalue weighted by Gasteiger charge is 2.39. The van der Waals surface area contributed by atoms with Crippen LogP contribution in [-0.4, -0.2) is 30.1 Å². The first kappa shape index (κ1) is 17.0. The van der Waals surface area contributed by atoms with Gasteiger partial charge in [-0.25, -0.2) is 4.39 Å². The third-order valence-electron chi connectivity index (χ3n) is 5.42. The van der Waals surface area contributed by atoms with E-state index in [0.717, 1.165) is 37.9 Å². The van der Waals surface area contributed by atoms with Crippen LogP contribution in [0.3, 0.4) is 0 Å². The summed E-state index contributed by atoms with van der Waals surface area (Å²) in [6, 6.07) is 15.0. The summed E-state index contributed by atoms with van der Waals surface area (Å²) in [5, 5.41) is 8.91. The van der Waals surface area contributed by atoms with Crippen molar-refractivity contribution in [3.63, 3.8) is 0 Å². The van der Waals surface area contributed by atoms with Crippen LogP contribution in [0.1, 0.15) is 35.6 Å². The maximum absolute atomic E-state index is 14.0. The van der Waals surface area contributed by atoms with Crippen LogP contribution in [0.5, 0.6) is 5.75 Å². The van der Waals surface area contributed by atoms with Gasteiger partial charge < -0.3 is 10.5 Å². The molecule has 2 aromatic carbocycles. The first-order valence-electron chi connectivity index (χ1n) is 9.09. The Morgan fingerprint density at radius 1 is 1.23 bits per heavy atom. The van der Waals surface area contributed by atoms with Gasteiger partial charge in [0, 0.05) is 18.7 Å². The molecular weight excluding hydrogens is 329 g/mol. The predicted molar refractivity (Wildman–Crippen MR) is 97.2 cm³/mol. The molecule has 2 aromatic rings. The Hall–Kier alpha value is -2.42. The average molecular weight is 351 g/mol. The highest BCUT2D eigenvalue weighted by molar-refractivity contribution is 5.40. The number of benzene rings is 2. The summed E-state index contributed by atoms with van der Waals surface area (Å²) < 4.78 is 20.2. The Kier molecular flexibility index (Phi) is 4.62. The Balaban J connectivity index is 1.63. The molecule has 134 valence electrons. The smallest absolute Gasteiger partial charge is 0.144 e. The minimum atomic E-state index is -0.548. The summed E-state index contributed by atoms with van der Waals surface area (Å²) in [5.74, 6) is -0.0951. The zero-order valence-corrected chi connectivity index (χ0v) is 14.6. The first-order chi connectivity index (χ1) is 12.7. The molecule has 3 atom stereocenters. The minimum absolute atomic E-state index is 0.0303. The highest BCUT2D eigenvalue weighted by Crippen LogP contribution is 2.39. The normalized spacial score (nSPS) is 25.5. The summed E-state index contributed by atoms with van der Waals surface area (Å²) in [5.41, 5.74) is 8.64. The molecule has 0 aromatic heterocycles. The van der Waals surface area contributed by atoms with Crippen LogP contribution in [0.15, 0.2) is 42.5 Å². The molecule has 5 heteroatoms. The van der Waals surface area contributed by atoms with Gasteiger partial charge in [-0.2, -0.15) is 5.26 Å². The molecule has 0 spiro atoms. The van der Waals surface area contributed by atoms with Crippen molar-refractivity contribution in [2.75, 3.05) is 13.1 Å². The molecule has 0 bridgehead atoms. The second kappa shape index (κ2) is 7.06. The van der Waals surface area contributed by atoms with Crippen LogP contribution in [0.25, 0.3) is 0 Å². The molecule has 1 fully saturated rings. The number of nitriles is 1. The van der Waals surface area contributed by atoms with Crippen molar-refractivity contribution in [1.29, 1.82) is 5.26 Å². The molecule has 0 radical (unpaired) electrons. The van der Waals surface area contributed by atoms with Crippen LogP contribution in [-0.2, 0) is 6.42 Å². The number of fused-ring (bicyclic) bond motifs is 1. The third-order valence-corrected chi connectivity index (χ3v) is 5.42. The second-order valence-electron chi connectivity index (χ2n) is 7.16. The van der Waals surface area contributed by atoms with Gasteiger partial charge in [0.25, 0.3) is 0 Å². The van der Waals surface area contributed by atoms with E-state index in [4.69, 9.17) is 15.7 Å². The second-order valence-corrected chi connectivity index (χ2v) is 7.16. The van der Waals surface area contributed by atoms with Crippen molar-refractivity contribution < 1.29 is 9.13 Å². The number of rotatable bonds is 3. The van der Waals surface area contributed by atoms with Crippen molar-refractivity contribution >= 4 is 0 Å². The van der Waals surface area contributed by atoms with Gasteiger partial charge in [-0.05, 0) is 49.1 Å². The largest absolute Gasteiger partial charge is 0.484 e. The predicted octanol–water partition coefficient (Wildman–Crippen LogP) is 3.17. The van der Waals surface area contributed by atoms with Gasteiger partial charge in [0.05, 0.1) is 11.6 Å². The van der Waals surface area contributed by atoms with Gasteiger partial charge in [0.2, 0.25) is 0 Å². The Bertz CT molecular complexity index is 847. The lowest BCUT2D eigenvalue weighted by Crippen LogP contribution is -2.49. The van der Waals surface area contributed by atoms with Crippen LogP contribution >= 0.6 is 0 Å². The molecular formula is C21H22FN3O. The Labute approximate surface area is 153 Å².